The molecule has 0 N–H and O–H groups in total. The van der Waals surface area contributed by atoms with Crippen molar-refractivity contribution in [2.24, 2.45) is 0 Å². The first-order valence-corrected chi connectivity index (χ1v) is 7.39. The van der Waals surface area contributed by atoms with Gasteiger partial charge < -0.3 is 4.74 Å². The van der Waals surface area contributed by atoms with Crippen LogP contribution in [-0.2, 0) is 9.53 Å². The van der Waals surface area contributed by atoms with E-state index in [1.165, 1.54) is 30.2 Å². The van der Waals surface area contributed by atoms with Gasteiger partial charge in [-0.3, -0.25) is 4.98 Å². The smallest absolute Gasteiger partial charge is 0.331 e. The van der Waals surface area contributed by atoms with E-state index in [4.69, 9.17) is 9.72 Å². The van der Waals surface area contributed by atoms with Gasteiger partial charge in [0.2, 0.25) is 0 Å². The van der Waals surface area contributed by atoms with Crippen LogP contribution in [0.1, 0.15) is 69.3 Å². The van der Waals surface area contributed by atoms with Crippen LogP contribution in [0.3, 0.4) is 0 Å². The fraction of sp³-hybridized carbons (Fsp3) is 0.529. The number of carbonyl (C=O) groups is 1. The molecule has 2 atom stereocenters. The van der Waals surface area contributed by atoms with Crippen molar-refractivity contribution in [2.75, 3.05) is 6.61 Å². The van der Waals surface area contributed by atoms with Gasteiger partial charge in [0.15, 0.2) is 0 Å². The Morgan fingerprint density at radius 2 is 2.05 bits per heavy atom. The maximum atomic E-state index is 11.5. The van der Waals surface area contributed by atoms with Crippen molar-refractivity contribution in [3.05, 3.63) is 35.2 Å². The minimum Gasteiger partial charge on any atom is -0.463 e. The van der Waals surface area contributed by atoms with E-state index in [0.29, 0.717) is 18.4 Å². The zero-order chi connectivity index (χ0) is 14.7. The van der Waals surface area contributed by atoms with Crippen LogP contribution in [0, 0.1) is 0 Å². The molecule has 20 heavy (non-hydrogen) atoms. The van der Waals surface area contributed by atoms with Gasteiger partial charge in [-0.15, -0.1) is 0 Å². The lowest BCUT2D eigenvalue weighted by atomic mass is 9.81. The Bertz CT molecular complexity index is 534. The van der Waals surface area contributed by atoms with Crippen LogP contribution in [0.2, 0.25) is 0 Å². The van der Waals surface area contributed by atoms with E-state index in [0.717, 1.165) is 11.3 Å². The number of rotatable bonds is 3. The van der Waals surface area contributed by atoms with E-state index >= 15 is 0 Å². The minimum absolute atomic E-state index is 0.300. The van der Waals surface area contributed by atoms with Gasteiger partial charge in [0.25, 0.3) is 0 Å². The molecular formula is C17H23NO2. The second kappa shape index (κ2) is 6.21. The maximum absolute atomic E-state index is 11.5. The molecular weight excluding hydrogens is 250 g/mol. The fourth-order valence-electron chi connectivity index (χ4n) is 2.74. The van der Waals surface area contributed by atoms with E-state index in [1.807, 2.05) is 13.0 Å². The van der Waals surface area contributed by atoms with Gasteiger partial charge in [-0.05, 0) is 55.7 Å². The largest absolute Gasteiger partial charge is 0.463 e. The van der Waals surface area contributed by atoms with Gasteiger partial charge in [0.1, 0.15) is 0 Å². The van der Waals surface area contributed by atoms with Crippen LogP contribution in [0.4, 0.5) is 0 Å². The molecule has 0 aromatic carbocycles. The van der Waals surface area contributed by atoms with Crippen molar-refractivity contribution in [3.8, 4) is 0 Å². The van der Waals surface area contributed by atoms with E-state index in [2.05, 4.69) is 19.9 Å². The molecule has 0 amide bonds. The minimum atomic E-state index is -0.300. The summed E-state index contributed by atoms with van der Waals surface area (Å²) in [6.07, 6.45) is 3.94. The lowest BCUT2D eigenvalue weighted by molar-refractivity contribution is -0.137. The van der Waals surface area contributed by atoms with E-state index in [1.54, 1.807) is 6.92 Å². The van der Waals surface area contributed by atoms with Crippen molar-refractivity contribution < 1.29 is 9.53 Å². The maximum Gasteiger partial charge on any atom is 0.331 e. The molecule has 0 aliphatic heterocycles. The third-order valence-electron chi connectivity index (χ3n) is 4.01. The molecule has 0 spiro atoms. The van der Waals surface area contributed by atoms with Crippen molar-refractivity contribution in [2.45, 2.75) is 52.4 Å². The van der Waals surface area contributed by atoms with Gasteiger partial charge in [-0.25, -0.2) is 4.79 Å². The fourth-order valence-corrected chi connectivity index (χ4v) is 2.74. The van der Waals surface area contributed by atoms with Crippen molar-refractivity contribution >= 4 is 11.5 Å². The molecule has 2 rings (SSSR count). The number of hydrogen-bond acceptors (Lipinski definition) is 3. The summed E-state index contributed by atoms with van der Waals surface area (Å²) in [6, 6.07) is 4.18. The molecule has 1 aliphatic carbocycles. The molecule has 1 aromatic rings. The summed E-state index contributed by atoms with van der Waals surface area (Å²) >= 11 is 0. The molecule has 3 heteroatoms. The van der Waals surface area contributed by atoms with E-state index in [9.17, 15) is 4.79 Å². The Hall–Kier alpha value is -1.64. The predicted octanol–water partition coefficient (Wildman–Crippen LogP) is 4.05. The number of allylic oxidation sites excluding steroid dienone is 1. The Morgan fingerprint density at radius 1 is 1.35 bits per heavy atom. The molecule has 0 saturated carbocycles. The average molecular weight is 273 g/mol. The van der Waals surface area contributed by atoms with Crippen molar-refractivity contribution in [1.82, 2.24) is 4.98 Å². The highest BCUT2D eigenvalue weighted by molar-refractivity contribution is 5.90. The summed E-state index contributed by atoms with van der Waals surface area (Å²) in [4.78, 5) is 16.3. The first kappa shape index (κ1) is 14.8. The van der Waals surface area contributed by atoms with E-state index in [-0.39, 0.29) is 5.97 Å². The summed E-state index contributed by atoms with van der Waals surface area (Å²) in [5.41, 5.74) is 4.28. The highest BCUT2D eigenvalue weighted by Crippen LogP contribution is 2.37. The topological polar surface area (TPSA) is 39.2 Å². The number of esters is 1. The Balaban J connectivity index is 2.31. The number of ether oxygens (including phenoxy) is 1. The van der Waals surface area contributed by atoms with Crippen molar-refractivity contribution in [1.29, 1.82) is 0 Å². The lowest BCUT2D eigenvalue weighted by Crippen LogP contribution is -2.13. The highest BCUT2D eigenvalue weighted by Gasteiger charge is 2.23. The number of fused-ring (bicyclic) bond motifs is 1. The molecule has 1 heterocycles. The summed E-state index contributed by atoms with van der Waals surface area (Å²) in [6.45, 7) is 8.60. The predicted molar refractivity (Wildman–Crippen MR) is 80.6 cm³/mol. The number of hydrogen-bond donors (Lipinski definition) is 0. The molecule has 1 aliphatic rings. The summed E-state index contributed by atoms with van der Waals surface area (Å²) in [5, 5.41) is 0. The van der Waals surface area contributed by atoms with Gasteiger partial charge in [-0.2, -0.15) is 0 Å². The van der Waals surface area contributed by atoms with Gasteiger partial charge in [-0.1, -0.05) is 19.9 Å². The number of nitrogens with zero attached hydrogens (tertiary/aromatic N) is 1. The number of pyridine rings is 1. The molecule has 0 saturated heterocycles. The molecule has 3 nitrogen and oxygen atoms in total. The quantitative estimate of drug-likeness (QED) is 0.616. The summed E-state index contributed by atoms with van der Waals surface area (Å²) < 4.78 is 4.94. The van der Waals surface area contributed by atoms with Crippen LogP contribution in [0.5, 0.6) is 0 Å². The Labute approximate surface area is 121 Å². The number of aromatic nitrogens is 1. The molecule has 0 radical (unpaired) electrons. The average Bonchev–Trinajstić information content (AvgIpc) is 2.43. The number of carbonyl (C=O) groups excluding carboxylic acids is 1. The molecule has 2 unspecified atom stereocenters. The van der Waals surface area contributed by atoms with Crippen LogP contribution < -0.4 is 0 Å². The Morgan fingerprint density at radius 3 is 2.75 bits per heavy atom. The zero-order valence-corrected chi connectivity index (χ0v) is 12.8. The van der Waals surface area contributed by atoms with Crippen molar-refractivity contribution in [3.63, 3.8) is 0 Å². The van der Waals surface area contributed by atoms with Gasteiger partial charge >= 0.3 is 5.97 Å². The van der Waals surface area contributed by atoms with Gasteiger partial charge in [0, 0.05) is 11.8 Å². The van der Waals surface area contributed by atoms with Crippen LogP contribution in [-0.4, -0.2) is 17.6 Å². The summed E-state index contributed by atoms with van der Waals surface area (Å²) in [7, 11) is 0. The van der Waals surface area contributed by atoms with Crippen LogP contribution in [0.25, 0.3) is 5.57 Å². The molecule has 0 fully saturated rings. The van der Waals surface area contributed by atoms with Crippen LogP contribution in [0.15, 0.2) is 18.2 Å². The zero-order valence-electron chi connectivity index (χ0n) is 12.8. The Kier molecular flexibility index (Phi) is 4.58. The first-order valence-electron chi connectivity index (χ1n) is 7.39. The normalized spacial score (nSPS) is 22.3. The molecule has 0 bridgehead atoms. The standard InChI is InChI=1S/C17H23NO2/c1-5-20-16(19)10-13(4)15-9-8-14-11(2)6-7-12(3)17(14)18-15/h8-12H,5-7H2,1-4H3. The SMILES string of the molecule is CCOC(=O)C=C(C)c1ccc2c(n1)C(C)CCC2C. The second-order valence-electron chi connectivity index (χ2n) is 5.63. The molecule has 108 valence electrons. The highest BCUT2D eigenvalue weighted by atomic mass is 16.5. The monoisotopic (exact) mass is 273 g/mol. The van der Waals surface area contributed by atoms with E-state index < -0.39 is 0 Å². The molecule has 1 aromatic heterocycles. The summed E-state index contributed by atoms with van der Waals surface area (Å²) in [5.74, 6) is 0.777. The lowest BCUT2D eigenvalue weighted by Gasteiger charge is -2.26. The first-order chi connectivity index (χ1) is 9.52. The van der Waals surface area contributed by atoms with Crippen LogP contribution >= 0.6 is 0 Å². The second-order valence-corrected chi connectivity index (χ2v) is 5.63. The third kappa shape index (κ3) is 3.09. The third-order valence-corrected chi connectivity index (χ3v) is 4.01. The van der Waals surface area contributed by atoms with Gasteiger partial charge in [0.05, 0.1) is 12.3 Å².